The van der Waals surface area contributed by atoms with E-state index < -0.39 is 0 Å². The van der Waals surface area contributed by atoms with Crippen molar-refractivity contribution in [2.45, 2.75) is 31.7 Å². The highest BCUT2D eigenvalue weighted by atomic mass is 35.5. The molecule has 2 unspecified atom stereocenters. The van der Waals surface area contributed by atoms with Gasteiger partial charge in [0.25, 0.3) is 0 Å². The zero-order valence-electron chi connectivity index (χ0n) is 12.0. The lowest BCUT2D eigenvalue weighted by Gasteiger charge is -2.27. The number of nitrogens with one attached hydrogen (secondary N) is 1. The summed E-state index contributed by atoms with van der Waals surface area (Å²) in [5.74, 6) is 0.477. The Balaban J connectivity index is 2.20. The van der Waals surface area contributed by atoms with Gasteiger partial charge in [0.05, 0.1) is 5.02 Å². The Bertz CT molecular complexity index is 528. The highest BCUT2D eigenvalue weighted by molar-refractivity contribution is 6.31. The molecule has 0 spiro atoms. The molecule has 106 valence electrons. The van der Waals surface area contributed by atoms with E-state index in [1.807, 2.05) is 13.1 Å². The molecule has 1 aromatic carbocycles. The number of likely N-dealkylation sites (N-methyl/N-ethyl adjacent to an activating group) is 1. The smallest absolute Gasteiger partial charge is 0.0621 e. The normalized spacial score (nSPS) is 13.9. The number of nitrogens with zero attached hydrogens (tertiary/aromatic N) is 1. The molecule has 2 rings (SSSR count). The topological polar surface area (TPSA) is 24.9 Å². The second-order valence-corrected chi connectivity index (χ2v) is 5.40. The average Bonchev–Trinajstić information content (AvgIpc) is 2.50. The van der Waals surface area contributed by atoms with Crippen LogP contribution in [0.4, 0.5) is 0 Å². The minimum atomic E-state index is 0.363. The standard InChI is InChI=1S/C17H21ClN2/c1-3-15(13-7-5-4-6-8-13)17(19-2)11-14-9-10-20-12-16(14)18/h4-10,12,15,17,19H,3,11H2,1-2H3. The van der Waals surface area contributed by atoms with Crippen LogP contribution in [0.3, 0.4) is 0 Å². The van der Waals surface area contributed by atoms with E-state index in [4.69, 9.17) is 11.6 Å². The van der Waals surface area contributed by atoms with Crippen molar-refractivity contribution in [3.63, 3.8) is 0 Å². The predicted molar refractivity (Wildman–Crippen MR) is 85.3 cm³/mol. The van der Waals surface area contributed by atoms with E-state index in [9.17, 15) is 0 Å². The predicted octanol–water partition coefficient (Wildman–Crippen LogP) is 4.06. The van der Waals surface area contributed by atoms with Crippen molar-refractivity contribution < 1.29 is 0 Å². The third-order valence-corrected chi connectivity index (χ3v) is 4.16. The van der Waals surface area contributed by atoms with Crippen LogP contribution < -0.4 is 5.32 Å². The van der Waals surface area contributed by atoms with Gasteiger partial charge in [-0.05, 0) is 43.0 Å². The maximum absolute atomic E-state index is 6.23. The minimum Gasteiger partial charge on any atom is -0.316 e. The van der Waals surface area contributed by atoms with Gasteiger partial charge in [0.15, 0.2) is 0 Å². The monoisotopic (exact) mass is 288 g/mol. The summed E-state index contributed by atoms with van der Waals surface area (Å²) in [5, 5.41) is 4.19. The molecule has 1 aromatic heterocycles. The van der Waals surface area contributed by atoms with Crippen LogP contribution in [0.2, 0.25) is 5.02 Å². The summed E-state index contributed by atoms with van der Waals surface area (Å²) in [5.41, 5.74) is 2.52. The molecule has 0 radical (unpaired) electrons. The van der Waals surface area contributed by atoms with E-state index in [2.05, 4.69) is 47.6 Å². The van der Waals surface area contributed by atoms with Crippen molar-refractivity contribution in [1.82, 2.24) is 10.3 Å². The van der Waals surface area contributed by atoms with Crippen LogP contribution in [-0.2, 0) is 6.42 Å². The second-order valence-electron chi connectivity index (χ2n) is 4.99. The first-order valence-electron chi connectivity index (χ1n) is 7.06. The number of hydrogen-bond donors (Lipinski definition) is 1. The third kappa shape index (κ3) is 3.59. The molecule has 0 bridgehead atoms. The summed E-state index contributed by atoms with van der Waals surface area (Å²) in [4.78, 5) is 4.05. The van der Waals surface area contributed by atoms with Crippen LogP contribution >= 0.6 is 11.6 Å². The van der Waals surface area contributed by atoms with Crippen molar-refractivity contribution in [1.29, 1.82) is 0 Å². The van der Waals surface area contributed by atoms with Crippen molar-refractivity contribution in [3.05, 3.63) is 64.9 Å². The quantitative estimate of drug-likeness (QED) is 0.867. The highest BCUT2D eigenvalue weighted by Gasteiger charge is 2.21. The van der Waals surface area contributed by atoms with Crippen LogP contribution in [0.15, 0.2) is 48.8 Å². The fraction of sp³-hybridized carbons (Fsp3) is 0.353. The molecule has 0 amide bonds. The molecular weight excluding hydrogens is 268 g/mol. The van der Waals surface area contributed by atoms with Gasteiger partial charge in [0.1, 0.15) is 0 Å². The zero-order valence-corrected chi connectivity index (χ0v) is 12.8. The van der Waals surface area contributed by atoms with Gasteiger partial charge in [-0.3, -0.25) is 4.98 Å². The molecule has 0 fully saturated rings. The maximum atomic E-state index is 6.23. The first-order chi connectivity index (χ1) is 9.76. The Labute approximate surface area is 126 Å². The van der Waals surface area contributed by atoms with E-state index in [1.54, 1.807) is 12.4 Å². The van der Waals surface area contributed by atoms with Crippen molar-refractivity contribution >= 4 is 11.6 Å². The van der Waals surface area contributed by atoms with Crippen LogP contribution in [0.5, 0.6) is 0 Å². The minimum absolute atomic E-state index is 0.363. The second kappa shape index (κ2) is 7.41. The Morgan fingerprint density at radius 1 is 1.20 bits per heavy atom. The van der Waals surface area contributed by atoms with Gasteiger partial charge in [-0.2, -0.15) is 0 Å². The van der Waals surface area contributed by atoms with E-state index in [0.717, 1.165) is 23.4 Å². The van der Waals surface area contributed by atoms with Gasteiger partial charge in [-0.1, -0.05) is 48.9 Å². The van der Waals surface area contributed by atoms with Crippen LogP contribution in [0.25, 0.3) is 0 Å². The van der Waals surface area contributed by atoms with Gasteiger partial charge < -0.3 is 5.32 Å². The number of benzene rings is 1. The van der Waals surface area contributed by atoms with Gasteiger partial charge >= 0.3 is 0 Å². The lowest BCUT2D eigenvalue weighted by molar-refractivity contribution is 0.448. The van der Waals surface area contributed by atoms with E-state index in [0.29, 0.717) is 12.0 Å². The summed E-state index contributed by atoms with van der Waals surface area (Å²) < 4.78 is 0. The molecule has 2 atom stereocenters. The highest BCUT2D eigenvalue weighted by Crippen LogP contribution is 2.27. The first kappa shape index (κ1) is 15.0. The molecule has 0 saturated heterocycles. The van der Waals surface area contributed by atoms with Crippen LogP contribution in [0.1, 0.15) is 30.4 Å². The molecule has 1 N–H and O–H groups in total. The molecule has 0 aliphatic rings. The Morgan fingerprint density at radius 3 is 2.55 bits per heavy atom. The van der Waals surface area contributed by atoms with E-state index >= 15 is 0 Å². The molecule has 0 aliphatic carbocycles. The zero-order chi connectivity index (χ0) is 14.4. The summed E-state index contributed by atoms with van der Waals surface area (Å²) in [6.45, 7) is 2.23. The van der Waals surface area contributed by atoms with Gasteiger partial charge in [0.2, 0.25) is 0 Å². The molecule has 0 saturated carbocycles. The molecular formula is C17H21ClN2. The number of hydrogen-bond acceptors (Lipinski definition) is 2. The third-order valence-electron chi connectivity index (χ3n) is 3.82. The summed E-state index contributed by atoms with van der Waals surface area (Å²) in [7, 11) is 2.02. The number of rotatable bonds is 6. The molecule has 1 heterocycles. The summed E-state index contributed by atoms with van der Waals surface area (Å²) >= 11 is 6.23. The van der Waals surface area contributed by atoms with Crippen LogP contribution in [-0.4, -0.2) is 18.1 Å². The number of aromatic nitrogens is 1. The van der Waals surface area contributed by atoms with Crippen LogP contribution in [0, 0.1) is 0 Å². The fourth-order valence-electron chi connectivity index (χ4n) is 2.70. The fourth-order valence-corrected chi connectivity index (χ4v) is 2.90. The molecule has 2 nitrogen and oxygen atoms in total. The Kier molecular flexibility index (Phi) is 5.57. The van der Waals surface area contributed by atoms with Gasteiger partial charge in [0, 0.05) is 18.4 Å². The van der Waals surface area contributed by atoms with Crippen molar-refractivity contribution in [2.75, 3.05) is 7.05 Å². The Morgan fingerprint density at radius 2 is 1.95 bits per heavy atom. The van der Waals surface area contributed by atoms with E-state index in [-0.39, 0.29) is 0 Å². The molecule has 2 aromatic rings. The largest absolute Gasteiger partial charge is 0.316 e. The molecule has 0 aliphatic heterocycles. The first-order valence-corrected chi connectivity index (χ1v) is 7.44. The molecule has 3 heteroatoms. The average molecular weight is 289 g/mol. The van der Waals surface area contributed by atoms with E-state index in [1.165, 1.54) is 5.56 Å². The summed E-state index contributed by atoms with van der Waals surface area (Å²) in [6, 6.07) is 13.0. The number of halogens is 1. The van der Waals surface area contributed by atoms with Crippen molar-refractivity contribution in [3.8, 4) is 0 Å². The number of pyridine rings is 1. The maximum Gasteiger partial charge on any atom is 0.0621 e. The SMILES string of the molecule is CCC(c1ccccc1)C(Cc1ccncc1Cl)NC. The molecule has 20 heavy (non-hydrogen) atoms. The lowest BCUT2D eigenvalue weighted by atomic mass is 9.86. The van der Waals surface area contributed by atoms with Crippen molar-refractivity contribution in [2.24, 2.45) is 0 Å². The lowest BCUT2D eigenvalue weighted by Crippen LogP contribution is -2.34. The van der Waals surface area contributed by atoms with Gasteiger partial charge in [-0.25, -0.2) is 0 Å². The van der Waals surface area contributed by atoms with Gasteiger partial charge in [-0.15, -0.1) is 0 Å². The summed E-state index contributed by atoms with van der Waals surface area (Å²) in [6.07, 6.45) is 5.52. The Hall–Kier alpha value is -1.38.